The zero-order valence-corrected chi connectivity index (χ0v) is 12.0. The zero-order valence-electron chi connectivity index (χ0n) is 12.0. The van der Waals surface area contributed by atoms with Gasteiger partial charge in [0, 0.05) is 7.05 Å². The quantitative estimate of drug-likeness (QED) is 0.919. The molecular formula is C15H21N3O. The van der Waals surface area contributed by atoms with Gasteiger partial charge in [-0.05, 0) is 30.9 Å². The third kappa shape index (κ3) is 2.30. The molecule has 1 aromatic heterocycles. The molecule has 2 aromatic rings. The lowest BCUT2D eigenvalue weighted by Gasteiger charge is -2.13. The Morgan fingerprint density at radius 1 is 1.26 bits per heavy atom. The molecule has 0 amide bonds. The van der Waals surface area contributed by atoms with E-state index in [0.717, 1.165) is 23.4 Å². The number of rotatable bonds is 3. The van der Waals surface area contributed by atoms with Gasteiger partial charge in [0.05, 0.1) is 11.4 Å². The lowest BCUT2D eigenvalue weighted by Crippen LogP contribution is -2.21. The van der Waals surface area contributed by atoms with Crippen LogP contribution in [0.15, 0.2) is 29.1 Å². The summed E-state index contributed by atoms with van der Waals surface area (Å²) in [5.74, 6) is 0.459. The minimum Gasteiger partial charge on any atom is -0.393 e. The minimum absolute atomic E-state index is 0.132. The van der Waals surface area contributed by atoms with E-state index in [0.29, 0.717) is 11.6 Å². The van der Waals surface area contributed by atoms with Crippen LogP contribution in [0.1, 0.15) is 25.1 Å². The van der Waals surface area contributed by atoms with Gasteiger partial charge in [0.1, 0.15) is 5.69 Å². The molecule has 2 N–H and O–H groups in total. The fourth-order valence-electron chi connectivity index (χ4n) is 2.37. The van der Waals surface area contributed by atoms with E-state index in [9.17, 15) is 4.79 Å². The number of hydrogen-bond acceptors (Lipinski definition) is 2. The van der Waals surface area contributed by atoms with Crippen LogP contribution in [0.2, 0.25) is 0 Å². The smallest absolute Gasteiger partial charge is 0.294 e. The molecule has 2 rings (SSSR count). The molecule has 0 spiro atoms. The number of para-hydroxylation sites is 1. The summed E-state index contributed by atoms with van der Waals surface area (Å²) in [6.07, 6.45) is 0.802. The van der Waals surface area contributed by atoms with Crippen LogP contribution < -0.4 is 11.3 Å². The number of aryl methyl sites for hydroxylation is 1. The van der Waals surface area contributed by atoms with E-state index in [1.54, 1.807) is 4.68 Å². The van der Waals surface area contributed by atoms with Crippen molar-refractivity contribution in [1.29, 1.82) is 0 Å². The SMILES string of the molecule is Cc1ccccc1-n1c(=O)c(N)c(CC(C)C)n1C. The molecule has 0 aliphatic rings. The van der Waals surface area contributed by atoms with Crippen LogP contribution in [-0.2, 0) is 13.5 Å². The molecule has 1 aromatic carbocycles. The van der Waals surface area contributed by atoms with E-state index in [4.69, 9.17) is 5.73 Å². The lowest BCUT2D eigenvalue weighted by molar-refractivity contribution is 0.562. The average Bonchev–Trinajstić information content (AvgIpc) is 2.55. The number of anilines is 1. The molecule has 0 radical (unpaired) electrons. The number of nitrogen functional groups attached to an aromatic ring is 1. The summed E-state index contributed by atoms with van der Waals surface area (Å²) in [5.41, 5.74) is 9.06. The van der Waals surface area contributed by atoms with Crippen molar-refractivity contribution in [3.63, 3.8) is 0 Å². The molecule has 102 valence electrons. The van der Waals surface area contributed by atoms with Gasteiger partial charge in [0.25, 0.3) is 5.56 Å². The van der Waals surface area contributed by atoms with Crippen molar-refractivity contribution in [2.45, 2.75) is 27.2 Å². The highest BCUT2D eigenvalue weighted by molar-refractivity contribution is 5.47. The van der Waals surface area contributed by atoms with Crippen molar-refractivity contribution in [1.82, 2.24) is 9.36 Å². The fraction of sp³-hybridized carbons (Fsp3) is 0.400. The molecular weight excluding hydrogens is 238 g/mol. The van der Waals surface area contributed by atoms with E-state index in [2.05, 4.69) is 13.8 Å². The molecule has 0 unspecified atom stereocenters. The summed E-state index contributed by atoms with van der Waals surface area (Å²) in [5, 5.41) is 0. The maximum absolute atomic E-state index is 12.4. The van der Waals surface area contributed by atoms with Crippen LogP contribution in [0, 0.1) is 12.8 Å². The molecule has 1 heterocycles. The fourth-order valence-corrected chi connectivity index (χ4v) is 2.37. The highest BCUT2D eigenvalue weighted by Gasteiger charge is 2.17. The first-order chi connectivity index (χ1) is 8.93. The van der Waals surface area contributed by atoms with E-state index in [1.165, 1.54) is 0 Å². The van der Waals surface area contributed by atoms with Crippen LogP contribution in [0.5, 0.6) is 0 Å². The van der Waals surface area contributed by atoms with Crippen molar-refractivity contribution in [3.05, 3.63) is 45.9 Å². The maximum atomic E-state index is 12.4. The zero-order chi connectivity index (χ0) is 14.2. The Balaban J connectivity index is 2.66. The van der Waals surface area contributed by atoms with E-state index >= 15 is 0 Å². The molecule has 0 bridgehead atoms. The van der Waals surface area contributed by atoms with Gasteiger partial charge in [-0.2, -0.15) is 0 Å². The molecule has 4 heteroatoms. The van der Waals surface area contributed by atoms with Gasteiger partial charge < -0.3 is 5.73 Å². The van der Waals surface area contributed by atoms with Crippen molar-refractivity contribution in [2.24, 2.45) is 13.0 Å². The van der Waals surface area contributed by atoms with Crippen LogP contribution >= 0.6 is 0 Å². The van der Waals surface area contributed by atoms with Crippen LogP contribution in [0.4, 0.5) is 5.69 Å². The Kier molecular flexibility index (Phi) is 3.51. The number of nitrogens with two attached hydrogens (primary N) is 1. The number of hydrogen-bond donors (Lipinski definition) is 1. The average molecular weight is 259 g/mol. The van der Waals surface area contributed by atoms with Gasteiger partial charge in [0.2, 0.25) is 0 Å². The first-order valence-electron chi connectivity index (χ1n) is 6.55. The highest BCUT2D eigenvalue weighted by Crippen LogP contribution is 2.18. The first kappa shape index (κ1) is 13.5. The summed E-state index contributed by atoms with van der Waals surface area (Å²) < 4.78 is 3.53. The van der Waals surface area contributed by atoms with Gasteiger partial charge in [-0.15, -0.1) is 0 Å². The summed E-state index contributed by atoms with van der Waals surface area (Å²) in [6.45, 7) is 6.23. The Morgan fingerprint density at radius 3 is 2.47 bits per heavy atom. The summed E-state index contributed by atoms with van der Waals surface area (Å²) >= 11 is 0. The molecule has 0 aliphatic carbocycles. The second kappa shape index (κ2) is 4.96. The van der Waals surface area contributed by atoms with Crippen LogP contribution in [0.3, 0.4) is 0 Å². The largest absolute Gasteiger partial charge is 0.393 e. The van der Waals surface area contributed by atoms with Crippen molar-refractivity contribution >= 4 is 5.69 Å². The normalized spacial score (nSPS) is 11.2. The second-order valence-electron chi connectivity index (χ2n) is 5.39. The highest BCUT2D eigenvalue weighted by atomic mass is 16.1. The van der Waals surface area contributed by atoms with Gasteiger partial charge in [-0.25, -0.2) is 4.68 Å². The van der Waals surface area contributed by atoms with Gasteiger partial charge in [0.15, 0.2) is 0 Å². The third-order valence-electron chi connectivity index (χ3n) is 3.37. The third-order valence-corrected chi connectivity index (χ3v) is 3.37. The molecule has 19 heavy (non-hydrogen) atoms. The van der Waals surface area contributed by atoms with E-state index in [-0.39, 0.29) is 5.56 Å². The van der Waals surface area contributed by atoms with Crippen LogP contribution in [0.25, 0.3) is 5.69 Å². The Morgan fingerprint density at radius 2 is 1.89 bits per heavy atom. The number of aromatic nitrogens is 2. The molecule has 0 atom stereocenters. The second-order valence-corrected chi connectivity index (χ2v) is 5.39. The van der Waals surface area contributed by atoms with Gasteiger partial charge in [-0.1, -0.05) is 32.0 Å². The Bertz CT molecular complexity index is 650. The Labute approximate surface area is 113 Å². The van der Waals surface area contributed by atoms with E-state index < -0.39 is 0 Å². The topological polar surface area (TPSA) is 52.9 Å². The number of nitrogens with zero attached hydrogens (tertiary/aromatic N) is 2. The Hall–Kier alpha value is -1.97. The molecule has 0 saturated heterocycles. The monoisotopic (exact) mass is 259 g/mol. The van der Waals surface area contributed by atoms with Crippen LogP contribution in [-0.4, -0.2) is 9.36 Å². The number of benzene rings is 1. The van der Waals surface area contributed by atoms with Crippen molar-refractivity contribution in [3.8, 4) is 5.69 Å². The van der Waals surface area contributed by atoms with Gasteiger partial charge in [-0.3, -0.25) is 9.48 Å². The molecule has 0 saturated carbocycles. The lowest BCUT2D eigenvalue weighted by atomic mass is 10.1. The maximum Gasteiger partial charge on any atom is 0.294 e. The molecule has 0 aliphatic heterocycles. The first-order valence-corrected chi connectivity index (χ1v) is 6.55. The summed E-state index contributed by atoms with van der Waals surface area (Å²) in [6, 6.07) is 7.83. The molecule has 0 fully saturated rings. The predicted molar refractivity (Wildman–Crippen MR) is 78.7 cm³/mol. The van der Waals surface area contributed by atoms with Crippen molar-refractivity contribution < 1.29 is 0 Å². The molecule has 4 nitrogen and oxygen atoms in total. The summed E-state index contributed by atoms with van der Waals surface area (Å²) in [4.78, 5) is 12.4. The van der Waals surface area contributed by atoms with Crippen molar-refractivity contribution in [2.75, 3.05) is 5.73 Å². The summed E-state index contributed by atoms with van der Waals surface area (Å²) in [7, 11) is 1.89. The van der Waals surface area contributed by atoms with E-state index in [1.807, 2.05) is 42.9 Å². The standard InChI is InChI=1S/C15H21N3O/c1-10(2)9-13-14(16)15(19)18(17(13)4)12-8-6-5-7-11(12)3/h5-8,10H,9,16H2,1-4H3. The minimum atomic E-state index is -0.132. The predicted octanol–water partition coefficient (Wildman–Crippen LogP) is 2.27. The van der Waals surface area contributed by atoms with Gasteiger partial charge >= 0.3 is 0 Å².